The first-order valence-corrected chi connectivity index (χ1v) is 12.6. The Balaban J connectivity index is 1.44. The Morgan fingerprint density at radius 1 is 1.03 bits per heavy atom. The summed E-state index contributed by atoms with van der Waals surface area (Å²) in [7, 11) is 1.88. The van der Waals surface area contributed by atoms with E-state index in [4.69, 9.17) is 0 Å². The fraction of sp³-hybridized carbons (Fsp3) is 0.643. The van der Waals surface area contributed by atoms with Crippen LogP contribution in [0.4, 0.5) is 13.2 Å². The van der Waals surface area contributed by atoms with E-state index in [0.29, 0.717) is 18.3 Å². The molecule has 1 aromatic carbocycles. The van der Waals surface area contributed by atoms with Crippen LogP contribution in [0.3, 0.4) is 0 Å². The summed E-state index contributed by atoms with van der Waals surface area (Å²) in [5.41, 5.74) is -0.471. The van der Waals surface area contributed by atoms with Gasteiger partial charge in [-0.2, -0.15) is 13.2 Å². The van der Waals surface area contributed by atoms with Gasteiger partial charge in [-0.1, -0.05) is 50.3 Å². The fourth-order valence-electron chi connectivity index (χ4n) is 8.57. The van der Waals surface area contributed by atoms with Crippen LogP contribution in [0.25, 0.3) is 0 Å². The molecule has 0 radical (unpaired) electrons. The molecule has 184 valence electrons. The van der Waals surface area contributed by atoms with Crippen LogP contribution in [0, 0.1) is 34.5 Å². The number of benzene rings is 1. The summed E-state index contributed by atoms with van der Waals surface area (Å²) in [6.45, 7) is 4.34. The van der Waals surface area contributed by atoms with Gasteiger partial charge in [0.05, 0.1) is 0 Å². The summed E-state index contributed by atoms with van der Waals surface area (Å²) < 4.78 is 42.5. The summed E-state index contributed by atoms with van der Waals surface area (Å²) in [5.74, 6) is -2.21. The first-order valence-electron chi connectivity index (χ1n) is 12.6. The molecular formula is C28H34F3NO2. The minimum Gasteiger partial charge on any atom is -0.338 e. The Labute approximate surface area is 199 Å². The number of ketones is 1. The number of nitrogens with zero attached hydrogens (tertiary/aromatic N) is 1. The zero-order valence-corrected chi connectivity index (χ0v) is 20.1. The topological polar surface area (TPSA) is 37.4 Å². The number of rotatable bonds is 3. The van der Waals surface area contributed by atoms with Crippen LogP contribution >= 0.6 is 0 Å². The molecule has 0 spiro atoms. The second-order valence-electron chi connectivity index (χ2n) is 11.6. The lowest BCUT2D eigenvalue weighted by molar-refractivity contribution is -0.170. The molecule has 3 fully saturated rings. The largest absolute Gasteiger partial charge is 0.402 e. The lowest BCUT2D eigenvalue weighted by atomic mass is 9.47. The third-order valence-electron chi connectivity index (χ3n) is 10.2. The molecule has 34 heavy (non-hydrogen) atoms. The molecule has 6 heteroatoms. The van der Waals surface area contributed by atoms with Crippen LogP contribution in [-0.2, 0) is 9.59 Å². The van der Waals surface area contributed by atoms with Crippen molar-refractivity contribution >= 4 is 11.7 Å². The molecule has 0 aromatic heterocycles. The Morgan fingerprint density at radius 2 is 1.74 bits per heavy atom. The Bertz CT molecular complexity index is 1000. The SMILES string of the molecule is CN1C(=O)C=C[C@]2(C)[C@H]3CC[C@]4(C)[C@@H](C(=O)[C@@H](c5ccccc5)C(F)(F)F)CC[C@H]4[C@@H]3CC[C@@H]12. The number of hydrogen-bond acceptors (Lipinski definition) is 2. The Morgan fingerprint density at radius 3 is 2.41 bits per heavy atom. The molecule has 3 nitrogen and oxygen atoms in total. The van der Waals surface area contributed by atoms with Gasteiger partial charge in [0.2, 0.25) is 5.91 Å². The molecule has 1 heterocycles. The van der Waals surface area contributed by atoms with E-state index < -0.39 is 29.2 Å². The number of carbonyl (C=O) groups excluding carboxylic acids is 2. The van der Waals surface area contributed by atoms with Crippen LogP contribution in [0.1, 0.15) is 63.9 Å². The van der Waals surface area contributed by atoms with Gasteiger partial charge in [-0.05, 0) is 73.3 Å². The summed E-state index contributed by atoms with van der Waals surface area (Å²) >= 11 is 0. The van der Waals surface area contributed by atoms with Crippen molar-refractivity contribution in [2.75, 3.05) is 7.05 Å². The molecule has 5 rings (SSSR count). The number of Topliss-reactive ketones (excluding diaryl/α,β-unsaturated/α-hetero) is 1. The molecule has 0 N–H and O–H groups in total. The summed E-state index contributed by atoms with van der Waals surface area (Å²) in [4.78, 5) is 27.8. The maximum absolute atomic E-state index is 14.2. The lowest BCUT2D eigenvalue weighted by Gasteiger charge is -2.60. The average Bonchev–Trinajstić information content (AvgIpc) is 3.14. The van der Waals surface area contributed by atoms with Crippen molar-refractivity contribution < 1.29 is 22.8 Å². The van der Waals surface area contributed by atoms with E-state index in [9.17, 15) is 22.8 Å². The molecule has 1 aliphatic heterocycles. The van der Waals surface area contributed by atoms with Gasteiger partial charge >= 0.3 is 6.18 Å². The number of halogens is 3. The minimum atomic E-state index is -4.60. The normalized spacial score (nSPS) is 40.4. The van der Waals surface area contributed by atoms with Gasteiger partial charge in [0.25, 0.3) is 0 Å². The fourth-order valence-corrected chi connectivity index (χ4v) is 8.57. The number of likely N-dealkylation sites (N-methyl/N-ethyl adjacent to an activating group) is 1. The van der Waals surface area contributed by atoms with Crippen LogP contribution in [0.5, 0.6) is 0 Å². The molecule has 3 aliphatic carbocycles. The minimum absolute atomic E-state index is 0.0483. The number of hydrogen-bond donors (Lipinski definition) is 0. The highest BCUT2D eigenvalue weighted by Crippen LogP contribution is 2.66. The van der Waals surface area contributed by atoms with Crippen molar-refractivity contribution in [1.82, 2.24) is 4.90 Å². The molecule has 3 saturated carbocycles. The highest BCUT2D eigenvalue weighted by molar-refractivity contribution is 5.90. The van der Waals surface area contributed by atoms with E-state index in [1.807, 2.05) is 11.9 Å². The molecule has 8 atom stereocenters. The van der Waals surface area contributed by atoms with Crippen LogP contribution in [-0.4, -0.2) is 35.9 Å². The quantitative estimate of drug-likeness (QED) is 0.528. The maximum atomic E-state index is 14.2. The van der Waals surface area contributed by atoms with Crippen molar-refractivity contribution in [2.45, 2.75) is 70.5 Å². The van der Waals surface area contributed by atoms with Gasteiger partial charge < -0.3 is 4.90 Å². The standard InChI is InChI=1S/C28H34F3NO2/c1-26-15-13-20-18(9-12-22-27(20,2)16-14-23(33)32(22)3)19(26)10-11-21(26)25(34)24(28(29,30)31)17-7-5-4-6-8-17/h4-8,14,16,18-22,24H,9-13,15H2,1-3H3/t18-,19-,20-,21+,22+,24+,26-,27+/m0/s1. The number of amides is 1. The smallest absolute Gasteiger partial charge is 0.338 e. The van der Waals surface area contributed by atoms with Crippen molar-refractivity contribution in [3.05, 3.63) is 48.0 Å². The highest BCUT2D eigenvalue weighted by atomic mass is 19.4. The molecule has 0 bridgehead atoms. The zero-order chi connectivity index (χ0) is 24.5. The van der Waals surface area contributed by atoms with E-state index in [-0.39, 0.29) is 28.8 Å². The van der Waals surface area contributed by atoms with Crippen molar-refractivity contribution in [3.8, 4) is 0 Å². The summed E-state index contributed by atoms with van der Waals surface area (Å²) in [6.07, 6.45) is 4.09. The average molecular weight is 474 g/mol. The molecule has 0 saturated heterocycles. The summed E-state index contributed by atoms with van der Waals surface area (Å²) in [6, 6.07) is 7.85. The van der Waals surface area contributed by atoms with Crippen LogP contribution in [0.2, 0.25) is 0 Å². The monoisotopic (exact) mass is 473 g/mol. The lowest BCUT2D eigenvalue weighted by Crippen LogP contribution is -2.59. The van der Waals surface area contributed by atoms with Gasteiger partial charge in [-0.3, -0.25) is 9.59 Å². The van der Waals surface area contributed by atoms with Gasteiger partial charge in [-0.15, -0.1) is 0 Å². The molecular weight excluding hydrogens is 439 g/mol. The zero-order valence-electron chi connectivity index (χ0n) is 20.1. The van der Waals surface area contributed by atoms with E-state index in [2.05, 4.69) is 19.9 Å². The van der Waals surface area contributed by atoms with Gasteiger partial charge in [-0.25, -0.2) is 0 Å². The summed E-state index contributed by atoms with van der Waals surface area (Å²) in [5, 5.41) is 0. The van der Waals surface area contributed by atoms with Crippen molar-refractivity contribution in [3.63, 3.8) is 0 Å². The maximum Gasteiger partial charge on any atom is 0.402 e. The first-order chi connectivity index (χ1) is 16.0. The third kappa shape index (κ3) is 3.38. The molecule has 1 amide bonds. The Kier molecular flexibility index (Phi) is 5.53. The van der Waals surface area contributed by atoms with Crippen LogP contribution < -0.4 is 0 Å². The first kappa shape index (κ1) is 23.6. The van der Waals surface area contributed by atoms with Crippen molar-refractivity contribution in [2.24, 2.45) is 34.5 Å². The number of alkyl halides is 3. The van der Waals surface area contributed by atoms with Gasteiger partial charge in [0, 0.05) is 24.4 Å². The third-order valence-corrected chi connectivity index (χ3v) is 10.2. The van der Waals surface area contributed by atoms with Crippen molar-refractivity contribution in [1.29, 1.82) is 0 Å². The highest BCUT2D eigenvalue weighted by Gasteiger charge is 2.63. The van der Waals surface area contributed by atoms with Gasteiger partial charge in [0.15, 0.2) is 5.78 Å². The molecule has 0 unspecified atom stereocenters. The van der Waals surface area contributed by atoms with E-state index >= 15 is 0 Å². The number of fused-ring (bicyclic) bond motifs is 5. The second kappa shape index (κ2) is 7.96. The van der Waals surface area contributed by atoms with Gasteiger partial charge in [0.1, 0.15) is 5.92 Å². The number of carbonyl (C=O) groups is 2. The van der Waals surface area contributed by atoms with E-state index in [1.54, 1.807) is 24.3 Å². The van der Waals surface area contributed by atoms with Crippen LogP contribution in [0.15, 0.2) is 42.5 Å². The predicted octanol–water partition coefficient (Wildman–Crippen LogP) is 6.16. The second-order valence-corrected chi connectivity index (χ2v) is 11.6. The Hall–Kier alpha value is -2.11. The molecule has 4 aliphatic rings. The van der Waals surface area contributed by atoms with E-state index in [1.165, 1.54) is 12.1 Å². The van der Waals surface area contributed by atoms with E-state index in [0.717, 1.165) is 32.1 Å². The molecule has 1 aromatic rings. The predicted molar refractivity (Wildman–Crippen MR) is 124 cm³/mol.